The van der Waals surface area contributed by atoms with Gasteiger partial charge >= 0.3 is 5.97 Å². The summed E-state index contributed by atoms with van der Waals surface area (Å²) in [4.78, 5) is 21.6. The van der Waals surface area contributed by atoms with Crippen LogP contribution in [0.5, 0.6) is 0 Å². The molecule has 3 N–H and O–H groups in total. The van der Waals surface area contributed by atoms with Crippen LogP contribution in [0, 0.1) is 5.41 Å². The van der Waals surface area contributed by atoms with Crippen LogP contribution < -0.4 is 10.6 Å². The molecule has 0 unspecified atom stereocenters. The van der Waals surface area contributed by atoms with Crippen molar-refractivity contribution in [3.05, 3.63) is 0 Å². The molecule has 0 bridgehead atoms. The first-order chi connectivity index (χ1) is 6.90. The van der Waals surface area contributed by atoms with E-state index in [1.165, 1.54) is 0 Å². The minimum Gasteiger partial charge on any atom is -0.481 e. The lowest BCUT2D eigenvalue weighted by atomic mass is 9.92. The fourth-order valence-corrected chi connectivity index (χ4v) is 1.18. The summed E-state index contributed by atoms with van der Waals surface area (Å²) < 4.78 is 0. The lowest BCUT2D eigenvalue weighted by Crippen LogP contribution is -2.42. The zero-order chi connectivity index (χ0) is 11.9. The molecule has 0 aliphatic rings. The summed E-state index contributed by atoms with van der Waals surface area (Å²) >= 11 is 0. The number of amides is 1. The van der Waals surface area contributed by atoms with E-state index < -0.39 is 11.4 Å². The number of hydrogen-bond acceptors (Lipinski definition) is 3. The SMILES string of the molecule is CNC(=O)C(C)(C)CNCCCC(=O)O. The molecule has 0 aliphatic heterocycles. The van der Waals surface area contributed by atoms with Crippen LogP contribution in [0.15, 0.2) is 0 Å². The van der Waals surface area contributed by atoms with Crippen molar-refractivity contribution in [3.8, 4) is 0 Å². The minimum atomic E-state index is -0.789. The smallest absolute Gasteiger partial charge is 0.303 e. The second-order valence-electron chi connectivity index (χ2n) is 4.14. The van der Waals surface area contributed by atoms with E-state index in [4.69, 9.17) is 5.11 Å². The lowest BCUT2D eigenvalue weighted by molar-refractivity contribution is -0.137. The van der Waals surface area contributed by atoms with Crippen LogP contribution in [-0.2, 0) is 9.59 Å². The molecular formula is C10H20N2O3. The summed E-state index contributed by atoms with van der Waals surface area (Å²) in [6.07, 6.45) is 0.743. The van der Waals surface area contributed by atoms with Crippen molar-refractivity contribution in [1.29, 1.82) is 0 Å². The Hall–Kier alpha value is -1.10. The quantitative estimate of drug-likeness (QED) is 0.532. The molecule has 88 valence electrons. The molecule has 0 aliphatic carbocycles. The molecule has 0 atom stereocenters. The van der Waals surface area contributed by atoms with Crippen LogP contribution in [0.25, 0.3) is 0 Å². The van der Waals surface area contributed by atoms with E-state index in [1.807, 2.05) is 13.8 Å². The number of nitrogens with one attached hydrogen (secondary N) is 2. The van der Waals surface area contributed by atoms with Crippen LogP contribution in [0.2, 0.25) is 0 Å². The maximum absolute atomic E-state index is 11.4. The molecule has 5 heteroatoms. The Morgan fingerprint density at radius 1 is 1.33 bits per heavy atom. The molecule has 15 heavy (non-hydrogen) atoms. The minimum absolute atomic E-state index is 0.0202. The van der Waals surface area contributed by atoms with Gasteiger partial charge in [0, 0.05) is 20.0 Å². The third kappa shape index (κ3) is 6.06. The van der Waals surface area contributed by atoms with Gasteiger partial charge in [0.1, 0.15) is 0 Å². The molecule has 0 rings (SSSR count). The Morgan fingerprint density at radius 2 is 1.93 bits per heavy atom. The summed E-state index contributed by atoms with van der Waals surface area (Å²) in [5, 5.41) is 14.1. The van der Waals surface area contributed by atoms with E-state index in [0.717, 1.165) is 0 Å². The van der Waals surface area contributed by atoms with Gasteiger partial charge < -0.3 is 15.7 Å². The standard InChI is InChI=1S/C10H20N2O3/c1-10(2,9(15)11-3)7-12-6-4-5-8(13)14/h12H,4-7H2,1-3H3,(H,11,15)(H,13,14). The van der Waals surface area contributed by atoms with Crippen molar-refractivity contribution in [3.63, 3.8) is 0 Å². The Bertz CT molecular complexity index is 227. The number of aliphatic carboxylic acids is 1. The molecular weight excluding hydrogens is 196 g/mol. The average Bonchev–Trinajstić information content (AvgIpc) is 2.15. The number of carbonyl (C=O) groups excluding carboxylic acids is 1. The highest BCUT2D eigenvalue weighted by Gasteiger charge is 2.25. The van der Waals surface area contributed by atoms with E-state index in [0.29, 0.717) is 19.5 Å². The molecule has 0 aromatic heterocycles. The molecule has 0 fully saturated rings. The Kier molecular flexibility index (Phi) is 5.93. The largest absolute Gasteiger partial charge is 0.481 e. The van der Waals surface area contributed by atoms with Gasteiger partial charge in [-0.1, -0.05) is 0 Å². The predicted octanol–water partition coefficient (Wildman–Crippen LogP) is 0.213. The highest BCUT2D eigenvalue weighted by atomic mass is 16.4. The molecule has 1 amide bonds. The van der Waals surface area contributed by atoms with Gasteiger partial charge in [-0.25, -0.2) is 0 Å². The van der Waals surface area contributed by atoms with Gasteiger partial charge in [0.2, 0.25) is 5.91 Å². The van der Waals surface area contributed by atoms with Crippen LogP contribution in [0.4, 0.5) is 0 Å². The van der Waals surface area contributed by atoms with E-state index >= 15 is 0 Å². The van der Waals surface area contributed by atoms with E-state index in [1.54, 1.807) is 7.05 Å². The Balaban J connectivity index is 3.66. The third-order valence-electron chi connectivity index (χ3n) is 2.15. The van der Waals surface area contributed by atoms with Gasteiger partial charge in [-0.05, 0) is 26.8 Å². The van der Waals surface area contributed by atoms with Gasteiger partial charge in [-0.15, -0.1) is 0 Å². The van der Waals surface area contributed by atoms with Gasteiger partial charge in [0.15, 0.2) is 0 Å². The van der Waals surface area contributed by atoms with Crippen LogP contribution >= 0.6 is 0 Å². The van der Waals surface area contributed by atoms with Crippen molar-refractivity contribution < 1.29 is 14.7 Å². The summed E-state index contributed by atoms with van der Waals surface area (Å²) in [7, 11) is 1.61. The molecule has 0 aromatic rings. The van der Waals surface area contributed by atoms with Crippen molar-refractivity contribution in [1.82, 2.24) is 10.6 Å². The van der Waals surface area contributed by atoms with Gasteiger partial charge in [-0.2, -0.15) is 0 Å². The maximum atomic E-state index is 11.4. The summed E-state index contributed by atoms with van der Waals surface area (Å²) in [5.74, 6) is -0.810. The van der Waals surface area contributed by atoms with Crippen LogP contribution in [-0.4, -0.2) is 37.1 Å². The van der Waals surface area contributed by atoms with Crippen molar-refractivity contribution in [2.75, 3.05) is 20.1 Å². The molecule has 0 heterocycles. The third-order valence-corrected chi connectivity index (χ3v) is 2.15. The Labute approximate surface area is 90.2 Å². The van der Waals surface area contributed by atoms with Crippen LogP contribution in [0.1, 0.15) is 26.7 Å². The van der Waals surface area contributed by atoms with E-state index in [2.05, 4.69) is 10.6 Å². The molecule has 0 aromatic carbocycles. The van der Waals surface area contributed by atoms with Crippen molar-refractivity contribution in [2.24, 2.45) is 5.41 Å². The number of carboxylic acids is 1. The summed E-state index contributed by atoms with van der Waals surface area (Å²) in [6, 6.07) is 0. The van der Waals surface area contributed by atoms with E-state index in [9.17, 15) is 9.59 Å². The van der Waals surface area contributed by atoms with Gasteiger partial charge in [-0.3, -0.25) is 9.59 Å². The number of carbonyl (C=O) groups is 2. The molecule has 0 spiro atoms. The maximum Gasteiger partial charge on any atom is 0.303 e. The molecule has 5 nitrogen and oxygen atoms in total. The zero-order valence-corrected chi connectivity index (χ0v) is 9.59. The first kappa shape index (κ1) is 13.9. The second kappa shape index (κ2) is 6.40. The van der Waals surface area contributed by atoms with Gasteiger partial charge in [0.25, 0.3) is 0 Å². The highest BCUT2D eigenvalue weighted by molar-refractivity contribution is 5.81. The lowest BCUT2D eigenvalue weighted by Gasteiger charge is -2.22. The Morgan fingerprint density at radius 3 is 2.40 bits per heavy atom. The molecule has 0 saturated carbocycles. The fourth-order valence-electron chi connectivity index (χ4n) is 1.18. The number of rotatable bonds is 7. The van der Waals surface area contributed by atoms with Crippen LogP contribution in [0.3, 0.4) is 0 Å². The molecule has 0 radical (unpaired) electrons. The molecule has 0 saturated heterocycles. The fraction of sp³-hybridized carbons (Fsp3) is 0.800. The summed E-state index contributed by atoms with van der Waals surface area (Å²) in [6.45, 7) is 4.85. The monoisotopic (exact) mass is 216 g/mol. The number of carboxylic acid groups (broad SMARTS) is 1. The van der Waals surface area contributed by atoms with Gasteiger partial charge in [0.05, 0.1) is 5.41 Å². The second-order valence-corrected chi connectivity index (χ2v) is 4.14. The van der Waals surface area contributed by atoms with E-state index in [-0.39, 0.29) is 12.3 Å². The summed E-state index contributed by atoms with van der Waals surface area (Å²) in [5.41, 5.74) is -0.460. The van der Waals surface area contributed by atoms with Crippen molar-refractivity contribution >= 4 is 11.9 Å². The zero-order valence-electron chi connectivity index (χ0n) is 9.59. The number of hydrogen-bond donors (Lipinski definition) is 3. The highest BCUT2D eigenvalue weighted by Crippen LogP contribution is 2.12. The predicted molar refractivity (Wildman–Crippen MR) is 57.6 cm³/mol. The first-order valence-electron chi connectivity index (χ1n) is 5.05. The first-order valence-corrected chi connectivity index (χ1v) is 5.05. The van der Waals surface area contributed by atoms with Crippen molar-refractivity contribution in [2.45, 2.75) is 26.7 Å². The topological polar surface area (TPSA) is 78.4 Å². The average molecular weight is 216 g/mol. The normalized spacial score (nSPS) is 11.1.